The first-order valence-corrected chi connectivity index (χ1v) is 6.76. The summed E-state index contributed by atoms with van der Waals surface area (Å²) < 4.78 is 7.67. The molecule has 0 aliphatic carbocycles. The van der Waals surface area contributed by atoms with Gasteiger partial charge in [0, 0.05) is 24.0 Å². The van der Waals surface area contributed by atoms with Crippen LogP contribution in [0, 0.1) is 27.7 Å². The number of carbonyl (C=O) groups excluding carboxylic acids is 1. The fraction of sp³-hybridized carbons (Fsp3) is 0.353. The van der Waals surface area contributed by atoms with Crippen LogP contribution >= 0.6 is 0 Å². The highest BCUT2D eigenvalue weighted by atomic mass is 16.5. The maximum Gasteiger partial charge on any atom is 0.202 e. The summed E-state index contributed by atoms with van der Waals surface area (Å²) in [6, 6.07) is 7.88. The van der Waals surface area contributed by atoms with Gasteiger partial charge in [0.25, 0.3) is 0 Å². The highest BCUT2D eigenvalue weighted by molar-refractivity contribution is 5.98. The molecule has 0 radical (unpaired) electrons. The van der Waals surface area contributed by atoms with Crippen molar-refractivity contribution in [3.05, 3.63) is 52.3 Å². The minimum absolute atomic E-state index is 0.0196. The zero-order valence-corrected chi connectivity index (χ0v) is 12.8. The van der Waals surface area contributed by atoms with E-state index in [9.17, 15) is 4.79 Å². The molecule has 1 aromatic carbocycles. The number of nitrogens with zero attached hydrogens (tertiary/aromatic N) is 1. The van der Waals surface area contributed by atoms with Gasteiger partial charge in [0.1, 0.15) is 5.75 Å². The Labute approximate surface area is 120 Å². The van der Waals surface area contributed by atoms with Gasteiger partial charge in [-0.15, -0.1) is 0 Å². The van der Waals surface area contributed by atoms with E-state index in [4.69, 9.17) is 4.74 Å². The first-order chi connectivity index (χ1) is 9.40. The summed E-state index contributed by atoms with van der Waals surface area (Å²) in [5.74, 6) is 0.792. The molecule has 0 saturated carbocycles. The second-order valence-corrected chi connectivity index (χ2v) is 5.32. The maximum absolute atomic E-state index is 12.2. The average molecular weight is 271 g/mol. The lowest BCUT2D eigenvalue weighted by Crippen LogP contribution is -2.13. The van der Waals surface area contributed by atoms with Crippen LogP contribution in [-0.2, 0) is 7.05 Å². The van der Waals surface area contributed by atoms with E-state index in [1.807, 2.05) is 57.5 Å². The quantitative estimate of drug-likeness (QED) is 0.797. The van der Waals surface area contributed by atoms with E-state index < -0.39 is 0 Å². The Balaban J connectivity index is 2.10. The number of aromatic nitrogens is 1. The molecule has 0 aliphatic heterocycles. The fourth-order valence-electron chi connectivity index (χ4n) is 2.32. The van der Waals surface area contributed by atoms with Crippen molar-refractivity contribution >= 4 is 5.78 Å². The normalized spacial score (nSPS) is 10.7. The summed E-state index contributed by atoms with van der Waals surface area (Å²) in [7, 11) is 1.96. The maximum atomic E-state index is 12.2. The second kappa shape index (κ2) is 5.53. The van der Waals surface area contributed by atoms with Crippen LogP contribution in [0.15, 0.2) is 24.3 Å². The lowest BCUT2D eigenvalue weighted by atomic mass is 10.1. The number of Topliss-reactive ketones (excluding diaryl/α,β-unsaturated/α-hetero) is 1. The molecule has 0 unspecified atom stereocenters. The Kier molecular flexibility index (Phi) is 3.98. The highest BCUT2D eigenvalue weighted by Gasteiger charge is 2.14. The Bertz CT molecular complexity index is 653. The summed E-state index contributed by atoms with van der Waals surface area (Å²) in [5, 5.41) is 0. The Morgan fingerprint density at radius 2 is 1.85 bits per heavy atom. The average Bonchev–Trinajstić information content (AvgIpc) is 2.65. The smallest absolute Gasteiger partial charge is 0.202 e. The summed E-state index contributed by atoms with van der Waals surface area (Å²) in [6.45, 7) is 8.06. The minimum atomic E-state index is 0.0196. The van der Waals surface area contributed by atoms with E-state index in [1.165, 1.54) is 5.56 Å². The molecule has 0 atom stereocenters. The van der Waals surface area contributed by atoms with E-state index in [-0.39, 0.29) is 12.4 Å². The van der Waals surface area contributed by atoms with E-state index in [1.54, 1.807) is 0 Å². The van der Waals surface area contributed by atoms with E-state index in [0.29, 0.717) is 0 Å². The molecule has 2 aromatic rings. The number of benzene rings is 1. The largest absolute Gasteiger partial charge is 0.485 e. The molecule has 3 heteroatoms. The number of ether oxygens (including phenoxy) is 1. The van der Waals surface area contributed by atoms with Gasteiger partial charge in [0.05, 0.1) is 0 Å². The van der Waals surface area contributed by atoms with Crippen LogP contribution in [0.4, 0.5) is 0 Å². The summed E-state index contributed by atoms with van der Waals surface area (Å²) >= 11 is 0. The molecule has 0 N–H and O–H groups in total. The van der Waals surface area contributed by atoms with Crippen molar-refractivity contribution in [1.29, 1.82) is 0 Å². The molecule has 0 aliphatic rings. The van der Waals surface area contributed by atoms with Crippen LogP contribution in [0.25, 0.3) is 0 Å². The lowest BCUT2D eigenvalue weighted by molar-refractivity contribution is 0.0920. The van der Waals surface area contributed by atoms with Gasteiger partial charge in [-0.25, -0.2) is 0 Å². The molecular weight excluding hydrogens is 250 g/mol. The molecule has 0 spiro atoms. The predicted molar refractivity (Wildman–Crippen MR) is 80.6 cm³/mol. The number of hydrogen-bond acceptors (Lipinski definition) is 2. The SMILES string of the molecule is Cc1ccc(OCC(=O)c2cc(C)n(C)c2C)c(C)c1. The summed E-state index contributed by atoms with van der Waals surface area (Å²) in [6.07, 6.45) is 0. The Hall–Kier alpha value is -2.03. The van der Waals surface area contributed by atoms with Crippen molar-refractivity contribution in [1.82, 2.24) is 4.57 Å². The van der Waals surface area contributed by atoms with Crippen LogP contribution in [0.2, 0.25) is 0 Å². The van der Waals surface area contributed by atoms with E-state index in [2.05, 4.69) is 6.07 Å². The van der Waals surface area contributed by atoms with Gasteiger partial charge in [-0.3, -0.25) is 4.79 Å². The monoisotopic (exact) mass is 271 g/mol. The molecule has 0 fully saturated rings. The van der Waals surface area contributed by atoms with Crippen molar-refractivity contribution < 1.29 is 9.53 Å². The molecule has 0 amide bonds. The van der Waals surface area contributed by atoms with E-state index >= 15 is 0 Å². The Morgan fingerprint density at radius 3 is 2.40 bits per heavy atom. The van der Waals surface area contributed by atoms with E-state index in [0.717, 1.165) is 28.3 Å². The second-order valence-electron chi connectivity index (χ2n) is 5.32. The van der Waals surface area contributed by atoms with Crippen molar-refractivity contribution in [2.75, 3.05) is 6.61 Å². The zero-order valence-electron chi connectivity index (χ0n) is 12.8. The summed E-state index contributed by atoms with van der Waals surface area (Å²) in [5.41, 5.74) is 5.05. The van der Waals surface area contributed by atoms with Gasteiger partial charge < -0.3 is 9.30 Å². The molecule has 1 aromatic heterocycles. The molecule has 3 nitrogen and oxygen atoms in total. The van der Waals surface area contributed by atoms with Crippen LogP contribution in [0.1, 0.15) is 32.9 Å². The standard InChI is InChI=1S/C17H21NO2/c1-11-6-7-17(12(2)8-11)20-10-16(19)15-9-13(3)18(5)14(15)4/h6-9H,10H2,1-5H3. The summed E-state index contributed by atoms with van der Waals surface area (Å²) in [4.78, 5) is 12.2. The number of carbonyl (C=O) groups is 1. The van der Waals surface area contributed by atoms with Crippen LogP contribution in [-0.4, -0.2) is 17.0 Å². The molecule has 2 rings (SSSR count). The third kappa shape index (κ3) is 2.77. The number of rotatable bonds is 4. The predicted octanol–water partition coefficient (Wildman–Crippen LogP) is 3.52. The fourth-order valence-corrected chi connectivity index (χ4v) is 2.32. The number of hydrogen-bond donors (Lipinski definition) is 0. The van der Waals surface area contributed by atoms with Crippen molar-refractivity contribution in [3.8, 4) is 5.75 Å². The molecule has 0 bridgehead atoms. The molecule has 1 heterocycles. The first kappa shape index (κ1) is 14.4. The van der Waals surface area contributed by atoms with Gasteiger partial charge in [-0.1, -0.05) is 17.7 Å². The highest BCUT2D eigenvalue weighted by Crippen LogP contribution is 2.20. The third-order valence-electron chi connectivity index (χ3n) is 3.76. The van der Waals surface area contributed by atoms with Crippen LogP contribution < -0.4 is 4.74 Å². The minimum Gasteiger partial charge on any atom is -0.485 e. The zero-order chi connectivity index (χ0) is 14.9. The third-order valence-corrected chi connectivity index (χ3v) is 3.76. The first-order valence-electron chi connectivity index (χ1n) is 6.76. The van der Waals surface area contributed by atoms with Crippen molar-refractivity contribution in [3.63, 3.8) is 0 Å². The van der Waals surface area contributed by atoms with Gasteiger partial charge in [-0.2, -0.15) is 0 Å². The van der Waals surface area contributed by atoms with Gasteiger partial charge in [0.15, 0.2) is 6.61 Å². The van der Waals surface area contributed by atoms with Crippen LogP contribution in [0.3, 0.4) is 0 Å². The van der Waals surface area contributed by atoms with Gasteiger partial charge >= 0.3 is 0 Å². The molecule has 106 valence electrons. The molecule has 0 saturated heterocycles. The van der Waals surface area contributed by atoms with Crippen molar-refractivity contribution in [2.45, 2.75) is 27.7 Å². The van der Waals surface area contributed by atoms with Gasteiger partial charge in [0.2, 0.25) is 5.78 Å². The van der Waals surface area contributed by atoms with Crippen molar-refractivity contribution in [2.24, 2.45) is 7.05 Å². The lowest BCUT2D eigenvalue weighted by Gasteiger charge is -2.09. The molecule has 20 heavy (non-hydrogen) atoms. The van der Waals surface area contributed by atoms with Crippen LogP contribution in [0.5, 0.6) is 5.75 Å². The van der Waals surface area contributed by atoms with Gasteiger partial charge in [-0.05, 0) is 45.4 Å². The molecular formula is C17H21NO2. The Morgan fingerprint density at radius 1 is 1.15 bits per heavy atom. The number of aryl methyl sites for hydroxylation is 3. The number of ketones is 1. The topological polar surface area (TPSA) is 31.2 Å².